The van der Waals surface area contributed by atoms with Gasteiger partial charge in [-0.2, -0.15) is 0 Å². The number of benzene rings is 7. The van der Waals surface area contributed by atoms with Crippen LogP contribution in [-0.4, -0.2) is 209 Å². The number of phenolic OH excluding ortho intramolecular Hbond substituents is 3. The van der Waals surface area contributed by atoms with Crippen molar-refractivity contribution in [2.24, 2.45) is 23.3 Å². The summed E-state index contributed by atoms with van der Waals surface area (Å²) in [5.74, 6) is -18.8. The van der Waals surface area contributed by atoms with Crippen molar-refractivity contribution in [1.82, 2.24) is 31.9 Å². The predicted molar refractivity (Wildman–Crippen MR) is 448 cm³/mol. The fourth-order valence-electron chi connectivity index (χ4n) is 16.7. The van der Waals surface area contributed by atoms with Gasteiger partial charge in [-0.3, -0.25) is 33.6 Å². The van der Waals surface area contributed by atoms with E-state index in [1.165, 1.54) is 63.4 Å². The molecule has 20 N–H and O–H groups in total. The topological polar surface area (TPSA) is 537 Å². The van der Waals surface area contributed by atoms with Gasteiger partial charge in [-0.1, -0.05) is 103 Å². The fourth-order valence-corrected chi connectivity index (χ4v) is 17.3. The number of aliphatic hydroxyl groups is 6. The number of fused-ring (bicyclic) bond motifs is 15. The van der Waals surface area contributed by atoms with Gasteiger partial charge in [0.1, 0.15) is 77.4 Å². The molecule has 11 bridgehead atoms. The normalized spacial score (nSPS) is 29.9. The SMILES string of the molecule is CN[C@H](CC(C)C)C(=O)N[C@H]1C(=O)C[C@@H](CC(N)=O)C(=O)N[C@H]2C(=O)C[C@H]3C(=O)N[C@H](C(=O)N[C@H](C(=O)O)c4cc(O)cc(O)c4-c4cc3ccc4O)[C@H](OC3CC(C)(N)C(O)C(C)O3)c3ccc(c(Cl)c3)Oc3cc2cc(c3OC2OC(CO)C(O)C(O)C2OC2CC(C)(NCc3ccc(-c4ccc(Cl)cc4)cc3)C(O)C(C)O2)Oc2ccc(cc2Cl)[C@H]1O. The number of aromatic hydroxyl groups is 3. The van der Waals surface area contributed by atoms with Crippen molar-refractivity contribution in [2.75, 3.05) is 13.7 Å². The number of halogens is 3. The zero-order chi connectivity index (χ0) is 90.3. The van der Waals surface area contributed by atoms with Crippen LogP contribution in [0, 0.1) is 11.8 Å². The lowest BCUT2D eigenvalue weighted by Gasteiger charge is -2.48. The van der Waals surface area contributed by atoms with Crippen LogP contribution in [0.15, 0.2) is 127 Å². The summed E-state index contributed by atoms with van der Waals surface area (Å²) in [5, 5.41) is 134. The second-order valence-electron chi connectivity index (χ2n) is 33.3. The first kappa shape index (κ1) is 92.5. The third-order valence-corrected chi connectivity index (χ3v) is 24.4. The van der Waals surface area contributed by atoms with Crippen molar-refractivity contribution < 1.29 is 127 Å². The summed E-state index contributed by atoms with van der Waals surface area (Å²) in [6, 6.07) is 19.9. The minimum atomic E-state index is -2.28. The summed E-state index contributed by atoms with van der Waals surface area (Å²) in [5.41, 5.74) is 10.1. The average Bonchev–Trinajstić information content (AvgIpc) is 0.762. The number of aliphatic carboxylic acids is 1. The molecule has 125 heavy (non-hydrogen) atoms. The van der Waals surface area contributed by atoms with Crippen LogP contribution in [0.2, 0.25) is 15.1 Å². The molecule has 0 aromatic heterocycles. The van der Waals surface area contributed by atoms with E-state index < -0.39 is 268 Å². The third kappa shape index (κ3) is 20.3. The number of ketones is 2. The minimum absolute atomic E-state index is 0.0985. The number of amides is 5. The number of carbonyl (C=O) groups is 8. The molecule has 0 saturated carbocycles. The highest BCUT2D eigenvalue weighted by Gasteiger charge is 2.53. The molecule has 0 aliphatic carbocycles. The Labute approximate surface area is 732 Å². The number of likely N-dealkylation sites (N-methyl/N-ethyl adjacent to an activating group) is 1. The first-order valence-corrected chi connectivity index (χ1v) is 41.6. The Bertz CT molecular complexity index is 5250. The van der Waals surface area contributed by atoms with Crippen LogP contribution in [0.1, 0.15) is 144 Å². The quantitative estimate of drug-likeness (QED) is 0.0412. The Morgan fingerprint density at radius 2 is 1.27 bits per heavy atom. The van der Waals surface area contributed by atoms with Crippen LogP contribution < -0.4 is 57.6 Å². The maximum atomic E-state index is 16.7. The average molecular weight is 1790 g/mol. The molecule has 15 rings (SSSR count). The molecular formula is C88H99Cl3N8O26. The number of nitrogens with two attached hydrogens (primary N) is 2. The second-order valence-corrected chi connectivity index (χ2v) is 34.6. The molecule has 668 valence electrons. The van der Waals surface area contributed by atoms with Crippen molar-refractivity contribution in [2.45, 2.75) is 214 Å². The molecule has 8 aliphatic rings. The van der Waals surface area contributed by atoms with E-state index in [2.05, 4.69) is 31.9 Å². The predicted octanol–water partition coefficient (Wildman–Crippen LogP) is 6.47. The lowest BCUT2D eigenvalue weighted by molar-refractivity contribution is -0.334. The van der Waals surface area contributed by atoms with Gasteiger partial charge in [0, 0.05) is 77.5 Å². The monoisotopic (exact) mass is 1790 g/mol. The summed E-state index contributed by atoms with van der Waals surface area (Å²) in [6.45, 7) is 9.15. The number of primary amides is 1. The highest BCUT2D eigenvalue weighted by molar-refractivity contribution is 6.32. The molecule has 7 aromatic carbocycles. The highest BCUT2D eigenvalue weighted by Crippen LogP contribution is 2.51. The molecule has 3 fully saturated rings. The van der Waals surface area contributed by atoms with Crippen molar-refractivity contribution >= 4 is 81.9 Å². The first-order chi connectivity index (χ1) is 59.2. The van der Waals surface area contributed by atoms with E-state index in [9.17, 15) is 65.4 Å². The number of hydrogen-bond donors (Lipinski definition) is 18. The number of carboxylic acid groups (broad SMARTS) is 1. The Morgan fingerprint density at radius 3 is 1.88 bits per heavy atom. The van der Waals surface area contributed by atoms with Gasteiger partial charge in [0.05, 0.1) is 58.9 Å². The standard InChI is InChI=1S/C88H99Cl3N8O26/c1-37(2)22-55(94-7)83(114)98-71-58(104)26-47(29-65(92)106)81(112)96-69-46-27-62(120-60-20-15-44(73(71)107)24-53(60)90)77(125-86-78(75(109)74(108)64(36-100)122-86)124-67-34-88(6,80(111)39(4)119-67)95-35-40-8-10-41(11-9-40)42-12-17-48(89)18-13-42)63(28-46)121-61-21-16-45(25-54(61)91)76(123-66-33-87(5,93)79(110)38(3)118-66)72-84(115)97-70(85(116)117)52-30-49(101)31-57(103)68(52)51-23-43(14-19-56(51)102)50(32-59(69)105)82(113)99-72/h8-21,23-25,27-28,30-31,37-39,47,50,55,64,66-67,69-76,78-80,86,94-95,100-103,107-111H,22,26,29,32-36,93H2,1-7H3,(H2,92,106)(H,96,112)(H,97,115)(H,98,114)(H,99,113)(H,116,117)/t38?,39?,47-,50+,55+,64?,66?,67?,69+,70-,71-,72-,73+,74?,75?,76+,78?,79?,80?,86?,87?,88?/m0/s1. The fraction of sp³-hybridized carbons (Fsp3) is 0.432. The number of hydrogen-bond acceptors (Lipinski definition) is 28. The number of nitrogens with one attached hydrogen (secondary N) is 6. The summed E-state index contributed by atoms with van der Waals surface area (Å²) in [7, 11) is 1.50. The number of carboxylic acids is 1. The van der Waals surface area contributed by atoms with E-state index in [-0.39, 0.29) is 64.9 Å². The van der Waals surface area contributed by atoms with E-state index >= 15 is 24.0 Å². The zero-order valence-electron chi connectivity index (χ0n) is 68.7. The molecule has 0 radical (unpaired) electrons. The Morgan fingerprint density at radius 1 is 0.656 bits per heavy atom. The van der Waals surface area contributed by atoms with E-state index in [0.717, 1.165) is 53.1 Å². The van der Waals surface area contributed by atoms with Crippen LogP contribution in [0.5, 0.6) is 46.0 Å². The largest absolute Gasteiger partial charge is 0.508 e. The minimum Gasteiger partial charge on any atom is -0.508 e. The van der Waals surface area contributed by atoms with Crippen LogP contribution in [-0.2, 0) is 68.6 Å². The summed E-state index contributed by atoms with van der Waals surface area (Å²) in [4.78, 5) is 121. The summed E-state index contributed by atoms with van der Waals surface area (Å²) in [6.07, 6.45) is -24.7. The van der Waals surface area contributed by atoms with Crippen LogP contribution in [0.25, 0.3) is 22.3 Å². The van der Waals surface area contributed by atoms with Gasteiger partial charge < -0.3 is 132 Å². The van der Waals surface area contributed by atoms with Gasteiger partial charge in [-0.25, -0.2) is 4.79 Å². The van der Waals surface area contributed by atoms with E-state index in [4.69, 9.17) is 84.2 Å². The van der Waals surface area contributed by atoms with Gasteiger partial charge in [0.2, 0.25) is 41.6 Å². The van der Waals surface area contributed by atoms with Crippen molar-refractivity contribution in [3.8, 4) is 68.2 Å². The van der Waals surface area contributed by atoms with Gasteiger partial charge >= 0.3 is 5.97 Å². The van der Waals surface area contributed by atoms with Crippen molar-refractivity contribution in [3.05, 3.63) is 176 Å². The van der Waals surface area contributed by atoms with Crippen molar-refractivity contribution in [1.29, 1.82) is 0 Å². The first-order valence-electron chi connectivity index (χ1n) is 40.5. The lowest BCUT2D eigenvalue weighted by atomic mass is 9.84. The number of rotatable bonds is 19. The smallest absolute Gasteiger partial charge is 0.330 e. The maximum absolute atomic E-state index is 16.7. The van der Waals surface area contributed by atoms with Gasteiger partial charge in [-0.15, -0.1) is 0 Å². The maximum Gasteiger partial charge on any atom is 0.330 e. The number of carbonyl (C=O) groups excluding carboxylic acids is 7. The molecule has 34 nitrogen and oxygen atoms in total. The van der Waals surface area contributed by atoms with Gasteiger partial charge in [0.25, 0.3) is 0 Å². The van der Waals surface area contributed by atoms with E-state index in [1.54, 1.807) is 26.0 Å². The van der Waals surface area contributed by atoms with Gasteiger partial charge in [-0.05, 0) is 153 Å². The van der Waals surface area contributed by atoms with E-state index in [0.29, 0.717) is 5.02 Å². The Kier molecular flexibility index (Phi) is 28.2. The number of phenols is 3. The number of ether oxygens (including phenoxy) is 8. The molecular weight excluding hydrogens is 1690 g/mol. The lowest BCUT2D eigenvalue weighted by Crippen LogP contribution is -2.65. The third-order valence-electron chi connectivity index (χ3n) is 23.5. The Hall–Kier alpha value is -10.2. The molecule has 7 aromatic rings. The number of Topliss-reactive ketones (excluding diaryl/α,β-unsaturated/α-hetero) is 2. The molecule has 13 unspecified atom stereocenters. The molecule has 3 saturated heterocycles. The molecule has 8 aliphatic heterocycles. The van der Waals surface area contributed by atoms with Crippen LogP contribution >= 0.6 is 34.8 Å². The molecule has 5 amide bonds. The summed E-state index contributed by atoms with van der Waals surface area (Å²) < 4.78 is 53.1. The Balaban J connectivity index is 1.02. The molecule has 22 atom stereocenters. The molecule has 0 spiro atoms. The number of aliphatic hydroxyl groups excluding tert-OH is 6. The molecule has 37 heteroatoms. The zero-order valence-corrected chi connectivity index (χ0v) is 71.0. The van der Waals surface area contributed by atoms with E-state index in [1.807, 2.05) is 50.2 Å². The van der Waals surface area contributed by atoms with Crippen LogP contribution in [0.4, 0.5) is 0 Å². The second kappa shape index (κ2) is 38.2. The van der Waals surface area contributed by atoms with Crippen molar-refractivity contribution in [3.63, 3.8) is 0 Å². The van der Waals surface area contributed by atoms with Crippen LogP contribution in [0.3, 0.4) is 0 Å². The van der Waals surface area contributed by atoms with Gasteiger partial charge in [0.15, 0.2) is 47.8 Å². The highest BCUT2D eigenvalue weighted by atomic mass is 35.5. The summed E-state index contributed by atoms with van der Waals surface area (Å²) >= 11 is 20.9. The molecule has 8 heterocycles.